The van der Waals surface area contributed by atoms with E-state index in [0.717, 1.165) is 5.69 Å². The van der Waals surface area contributed by atoms with Crippen molar-refractivity contribution in [2.45, 2.75) is 6.42 Å². The van der Waals surface area contributed by atoms with Gasteiger partial charge in [0.1, 0.15) is 0 Å². The van der Waals surface area contributed by atoms with Crippen molar-refractivity contribution in [2.24, 2.45) is 5.92 Å². The number of benzene rings is 1. The molecule has 1 aliphatic rings. The van der Waals surface area contributed by atoms with E-state index in [1.54, 1.807) is 30.1 Å². The van der Waals surface area contributed by atoms with Crippen LogP contribution < -0.4 is 10.2 Å². The Kier molecular flexibility index (Phi) is 3.33. The summed E-state index contributed by atoms with van der Waals surface area (Å²) in [4.78, 5) is 25.0. The number of nitrogens with zero attached hydrogens (tertiary/aromatic N) is 1. The largest absolute Gasteiger partial charge is 0.355 e. The zero-order chi connectivity index (χ0) is 13.1. The second-order valence-corrected chi connectivity index (χ2v) is 4.20. The Labute approximate surface area is 106 Å². The summed E-state index contributed by atoms with van der Waals surface area (Å²) in [7, 11) is 1.57. The summed E-state index contributed by atoms with van der Waals surface area (Å²) in [5.41, 5.74) is 1.26. The Hall–Kier alpha value is -2.28. The summed E-state index contributed by atoms with van der Waals surface area (Å²) in [5.74, 6) is 2.40. The van der Waals surface area contributed by atoms with E-state index in [0.29, 0.717) is 18.5 Å². The Morgan fingerprint density at radius 1 is 1.56 bits per heavy atom. The van der Waals surface area contributed by atoms with E-state index in [2.05, 4.69) is 11.2 Å². The van der Waals surface area contributed by atoms with Gasteiger partial charge in [0, 0.05) is 37.2 Å². The fourth-order valence-electron chi connectivity index (χ4n) is 2.03. The van der Waals surface area contributed by atoms with Gasteiger partial charge in [0.25, 0.3) is 5.91 Å². The van der Waals surface area contributed by atoms with Gasteiger partial charge in [-0.3, -0.25) is 9.59 Å². The Balaban J connectivity index is 2.27. The van der Waals surface area contributed by atoms with Crippen LogP contribution in [0.3, 0.4) is 0 Å². The molecule has 1 heterocycles. The second-order valence-electron chi connectivity index (χ2n) is 4.20. The molecule has 2 rings (SSSR count). The van der Waals surface area contributed by atoms with Crippen LogP contribution in [0.25, 0.3) is 0 Å². The molecule has 1 fully saturated rings. The molecule has 1 unspecified atom stereocenters. The van der Waals surface area contributed by atoms with E-state index in [9.17, 15) is 9.59 Å². The fraction of sp³-hybridized carbons (Fsp3) is 0.286. The normalized spacial score (nSPS) is 18.6. The molecule has 1 aromatic carbocycles. The van der Waals surface area contributed by atoms with Gasteiger partial charge in [-0.05, 0) is 18.2 Å². The monoisotopic (exact) mass is 242 g/mol. The number of amides is 2. The maximum absolute atomic E-state index is 11.8. The number of rotatable bonds is 2. The van der Waals surface area contributed by atoms with E-state index in [-0.39, 0.29) is 17.7 Å². The average Bonchev–Trinajstić information content (AvgIpc) is 2.79. The van der Waals surface area contributed by atoms with Gasteiger partial charge in [-0.2, -0.15) is 0 Å². The van der Waals surface area contributed by atoms with Crippen LogP contribution in [0.1, 0.15) is 16.8 Å². The second kappa shape index (κ2) is 4.92. The van der Waals surface area contributed by atoms with Gasteiger partial charge in [-0.15, -0.1) is 12.3 Å². The molecule has 1 N–H and O–H groups in total. The Morgan fingerprint density at radius 2 is 2.33 bits per heavy atom. The number of carbonyl (C=O) groups excluding carboxylic acids is 2. The number of hydrogen-bond donors (Lipinski definition) is 1. The first-order valence-electron chi connectivity index (χ1n) is 5.74. The quantitative estimate of drug-likeness (QED) is 0.787. The summed E-state index contributed by atoms with van der Waals surface area (Å²) in [6, 6.07) is 6.98. The number of nitrogens with one attached hydrogen (secondary N) is 1. The standard InChI is InChI=1S/C14H14N2O2/c1-3-10-7-13(17)16(9-10)12-6-4-5-11(8-12)14(18)15-2/h1,4-6,8,10H,7,9H2,2H3,(H,15,18). The maximum atomic E-state index is 11.8. The summed E-state index contributed by atoms with van der Waals surface area (Å²) in [6.07, 6.45) is 5.72. The van der Waals surface area contributed by atoms with Gasteiger partial charge in [0.05, 0.1) is 0 Å². The van der Waals surface area contributed by atoms with Gasteiger partial charge >= 0.3 is 0 Å². The maximum Gasteiger partial charge on any atom is 0.251 e. The lowest BCUT2D eigenvalue weighted by Crippen LogP contribution is -2.25. The molecule has 92 valence electrons. The molecule has 0 bridgehead atoms. The van der Waals surface area contributed by atoms with Crippen LogP contribution >= 0.6 is 0 Å². The summed E-state index contributed by atoms with van der Waals surface area (Å²) in [5, 5.41) is 2.56. The molecule has 4 nitrogen and oxygen atoms in total. The molecule has 0 aliphatic carbocycles. The lowest BCUT2D eigenvalue weighted by Gasteiger charge is -2.16. The minimum absolute atomic E-state index is 0.00649. The summed E-state index contributed by atoms with van der Waals surface area (Å²) in [6.45, 7) is 0.520. The van der Waals surface area contributed by atoms with Gasteiger partial charge in [0.15, 0.2) is 0 Å². The van der Waals surface area contributed by atoms with Crippen molar-refractivity contribution in [2.75, 3.05) is 18.5 Å². The van der Waals surface area contributed by atoms with Gasteiger partial charge in [-0.25, -0.2) is 0 Å². The number of terminal acetylenes is 1. The SMILES string of the molecule is C#CC1CC(=O)N(c2cccc(C(=O)NC)c2)C1. The van der Waals surface area contributed by atoms with Crippen molar-refractivity contribution in [3.8, 4) is 12.3 Å². The van der Waals surface area contributed by atoms with Crippen molar-refractivity contribution in [3.05, 3.63) is 29.8 Å². The molecule has 1 atom stereocenters. The third-order valence-electron chi connectivity index (χ3n) is 3.01. The Bertz CT molecular complexity index is 531. The van der Waals surface area contributed by atoms with Crippen LogP contribution in [-0.4, -0.2) is 25.4 Å². The first kappa shape index (κ1) is 12.2. The lowest BCUT2D eigenvalue weighted by atomic mass is 10.1. The van der Waals surface area contributed by atoms with Crippen LogP contribution in [-0.2, 0) is 4.79 Å². The fourth-order valence-corrected chi connectivity index (χ4v) is 2.03. The number of carbonyl (C=O) groups is 2. The van der Waals surface area contributed by atoms with E-state index < -0.39 is 0 Å². The van der Waals surface area contributed by atoms with Crippen LogP contribution in [0.2, 0.25) is 0 Å². The Morgan fingerprint density at radius 3 is 2.94 bits per heavy atom. The van der Waals surface area contributed by atoms with Crippen molar-refractivity contribution in [1.29, 1.82) is 0 Å². The van der Waals surface area contributed by atoms with Crippen molar-refractivity contribution in [3.63, 3.8) is 0 Å². The molecular formula is C14H14N2O2. The smallest absolute Gasteiger partial charge is 0.251 e. The highest BCUT2D eigenvalue weighted by Gasteiger charge is 2.29. The first-order chi connectivity index (χ1) is 8.65. The van der Waals surface area contributed by atoms with Crippen molar-refractivity contribution >= 4 is 17.5 Å². The molecule has 18 heavy (non-hydrogen) atoms. The first-order valence-corrected chi connectivity index (χ1v) is 5.74. The molecule has 0 aromatic heterocycles. The van der Waals surface area contributed by atoms with Crippen LogP contribution in [0.15, 0.2) is 24.3 Å². The summed E-state index contributed by atoms with van der Waals surface area (Å²) < 4.78 is 0. The average molecular weight is 242 g/mol. The highest BCUT2D eigenvalue weighted by Crippen LogP contribution is 2.25. The van der Waals surface area contributed by atoms with E-state index in [1.165, 1.54) is 0 Å². The molecule has 1 saturated heterocycles. The van der Waals surface area contributed by atoms with E-state index >= 15 is 0 Å². The van der Waals surface area contributed by atoms with Crippen molar-refractivity contribution in [1.82, 2.24) is 5.32 Å². The zero-order valence-corrected chi connectivity index (χ0v) is 10.1. The third kappa shape index (κ3) is 2.21. The molecule has 1 aromatic rings. The highest BCUT2D eigenvalue weighted by atomic mass is 16.2. The predicted octanol–water partition coefficient (Wildman–Crippen LogP) is 1.03. The number of anilines is 1. The van der Waals surface area contributed by atoms with Crippen LogP contribution in [0.4, 0.5) is 5.69 Å². The van der Waals surface area contributed by atoms with Gasteiger partial charge in [-0.1, -0.05) is 6.07 Å². The molecular weight excluding hydrogens is 228 g/mol. The summed E-state index contributed by atoms with van der Waals surface area (Å²) >= 11 is 0. The molecule has 1 aliphatic heterocycles. The van der Waals surface area contributed by atoms with Gasteiger partial charge < -0.3 is 10.2 Å². The lowest BCUT2D eigenvalue weighted by molar-refractivity contribution is -0.117. The van der Waals surface area contributed by atoms with Crippen molar-refractivity contribution < 1.29 is 9.59 Å². The van der Waals surface area contributed by atoms with Crippen LogP contribution in [0.5, 0.6) is 0 Å². The molecule has 4 heteroatoms. The molecule has 0 saturated carbocycles. The van der Waals surface area contributed by atoms with E-state index in [1.807, 2.05) is 6.07 Å². The zero-order valence-electron chi connectivity index (χ0n) is 10.1. The molecule has 0 spiro atoms. The minimum atomic E-state index is -0.169. The molecule has 0 radical (unpaired) electrons. The van der Waals surface area contributed by atoms with E-state index in [4.69, 9.17) is 6.42 Å². The molecule has 2 amide bonds. The minimum Gasteiger partial charge on any atom is -0.355 e. The topological polar surface area (TPSA) is 49.4 Å². The predicted molar refractivity (Wildman–Crippen MR) is 69.1 cm³/mol. The van der Waals surface area contributed by atoms with Gasteiger partial charge in [0.2, 0.25) is 5.91 Å². The number of hydrogen-bond acceptors (Lipinski definition) is 2. The van der Waals surface area contributed by atoms with Crippen LogP contribution in [0, 0.1) is 18.3 Å². The highest BCUT2D eigenvalue weighted by molar-refractivity contribution is 5.99. The third-order valence-corrected chi connectivity index (χ3v) is 3.01.